The molecule has 0 spiro atoms. The summed E-state index contributed by atoms with van der Waals surface area (Å²) in [4.78, 5) is 13.3. The third-order valence-corrected chi connectivity index (χ3v) is 4.68. The van der Waals surface area contributed by atoms with E-state index in [1.54, 1.807) is 12.4 Å². The molecule has 0 aromatic carbocycles. The van der Waals surface area contributed by atoms with E-state index >= 15 is 0 Å². The van der Waals surface area contributed by atoms with Gasteiger partial charge in [-0.05, 0) is 25.1 Å². The molecule has 0 saturated heterocycles. The Balaban J connectivity index is 1.47. The maximum atomic E-state index is 5.49. The van der Waals surface area contributed by atoms with Crippen LogP contribution in [0.4, 0.5) is 0 Å². The fourth-order valence-corrected chi connectivity index (χ4v) is 3.25. The number of nitrogens with zero attached hydrogens (tertiary/aromatic N) is 7. The molecule has 1 N–H and O–H groups in total. The first-order chi connectivity index (χ1) is 13.3. The molecular formula is C18H18N8O. The molecule has 9 heteroatoms. The lowest BCUT2D eigenvalue weighted by molar-refractivity contribution is 0.346. The van der Waals surface area contributed by atoms with Gasteiger partial charge in [0.1, 0.15) is 17.4 Å². The van der Waals surface area contributed by atoms with E-state index in [0.29, 0.717) is 17.4 Å². The molecule has 1 atom stereocenters. The van der Waals surface area contributed by atoms with Gasteiger partial charge in [-0.25, -0.2) is 4.98 Å². The van der Waals surface area contributed by atoms with Gasteiger partial charge in [0.15, 0.2) is 5.82 Å². The van der Waals surface area contributed by atoms with Crippen molar-refractivity contribution in [2.75, 3.05) is 6.54 Å². The standard InChI is InChI=1S/C18H18N8O/c1-12(18-22-16(24-27-18)14-4-2-3-5-20-14)25-8-7-21-17(25)15-10-13-11-19-6-9-26(13)23-15/h2-5,7-8,10,12,19H,6,9,11H2,1H3. The van der Waals surface area contributed by atoms with E-state index in [4.69, 9.17) is 9.62 Å². The van der Waals surface area contributed by atoms with Crippen LogP contribution in [0.1, 0.15) is 24.6 Å². The summed E-state index contributed by atoms with van der Waals surface area (Å²) in [7, 11) is 0. The number of imidazole rings is 1. The van der Waals surface area contributed by atoms with Gasteiger partial charge in [-0.15, -0.1) is 0 Å². The summed E-state index contributed by atoms with van der Waals surface area (Å²) in [6.07, 6.45) is 5.37. The van der Waals surface area contributed by atoms with Gasteiger partial charge in [0, 0.05) is 31.7 Å². The summed E-state index contributed by atoms with van der Waals surface area (Å²) in [5, 5.41) is 12.1. The molecule has 0 radical (unpaired) electrons. The Bertz CT molecular complexity index is 1040. The van der Waals surface area contributed by atoms with Crippen LogP contribution in [0.15, 0.2) is 47.4 Å². The Labute approximate surface area is 155 Å². The van der Waals surface area contributed by atoms with Gasteiger partial charge in [0.25, 0.3) is 0 Å². The van der Waals surface area contributed by atoms with Gasteiger partial charge in [-0.1, -0.05) is 11.2 Å². The van der Waals surface area contributed by atoms with Gasteiger partial charge in [0.05, 0.1) is 12.2 Å². The number of hydrogen-bond acceptors (Lipinski definition) is 7. The number of pyridine rings is 1. The van der Waals surface area contributed by atoms with E-state index in [-0.39, 0.29) is 6.04 Å². The summed E-state index contributed by atoms with van der Waals surface area (Å²) in [5.41, 5.74) is 2.68. The summed E-state index contributed by atoms with van der Waals surface area (Å²) < 4.78 is 9.52. The van der Waals surface area contributed by atoms with E-state index in [1.165, 1.54) is 0 Å². The van der Waals surface area contributed by atoms with Gasteiger partial charge in [-0.2, -0.15) is 10.1 Å². The average Bonchev–Trinajstić information content (AvgIpc) is 3.46. The zero-order valence-corrected chi connectivity index (χ0v) is 14.8. The second-order valence-corrected chi connectivity index (χ2v) is 6.43. The predicted molar refractivity (Wildman–Crippen MR) is 96.5 cm³/mol. The Morgan fingerprint density at radius 3 is 3.00 bits per heavy atom. The molecule has 0 aliphatic carbocycles. The first-order valence-corrected chi connectivity index (χ1v) is 8.85. The van der Waals surface area contributed by atoms with Crippen LogP contribution in [0.3, 0.4) is 0 Å². The van der Waals surface area contributed by atoms with Crippen LogP contribution in [0.2, 0.25) is 0 Å². The van der Waals surface area contributed by atoms with Crippen molar-refractivity contribution in [1.29, 1.82) is 0 Å². The highest BCUT2D eigenvalue weighted by Gasteiger charge is 2.22. The van der Waals surface area contributed by atoms with Crippen molar-refractivity contribution in [3.8, 4) is 23.0 Å². The smallest absolute Gasteiger partial charge is 0.249 e. The van der Waals surface area contributed by atoms with Gasteiger partial charge in [-0.3, -0.25) is 9.67 Å². The lowest BCUT2D eigenvalue weighted by Gasteiger charge is -2.13. The first kappa shape index (κ1) is 15.9. The van der Waals surface area contributed by atoms with E-state index in [9.17, 15) is 0 Å². The molecule has 0 saturated carbocycles. The lowest BCUT2D eigenvalue weighted by Crippen LogP contribution is -2.28. The zero-order valence-electron chi connectivity index (χ0n) is 14.8. The van der Waals surface area contributed by atoms with Crippen LogP contribution >= 0.6 is 0 Å². The molecule has 9 nitrogen and oxygen atoms in total. The van der Waals surface area contributed by atoms with E-state index in [0.717, 1.165) is 36.8 Å². The van der Waals surface area contributed by atoms with Crippen molar-refractivity contribution in [2.45, 2.75) is 26.1 Å². The van der Waals surface area contributed by atoms with Crippen molar-refractivity contribution < 1.29 is 4.52 Å². The molecule has 4 aromatic rings. The third kappa shape index (κ3) is 2.81. The Morgan fingerprint density at radius 1 is 1.19 bits per heavy atom. The molecule has 5 rings (SSSR count). The molecule has 4 aromatic heterocycles. The molecule has 0 fully saturated rings. The second-order valence-electron chi connectivity index (χ2n) is 6.43. The SMILES string of the molecule is CC(c1nc(-c2ccccn2)no1)n1ccnc1-c1cc2n(n1)CCNC2. The molecule has 5 heterocycles. The fraction of sp³-hybridized carbons (Fsp3) is 0.278. The van der Waals surface area contributed by atoms with Crippen molar-refractivity contribution >= 4 is 0 Å². The maximum absolute atomic E-state index is 5.49. The van der Waals surface area contributed by atoms with Crippen LogP contribution < -0.4 is 5.32 Å². The van der Waals surface area contributed by atoms with Crippen molar-refractivity contribution in [3.63, 3.8) is 0 Å². The largest absolute Gasteiger partial charge is 0.337 e. The quantitative estimate of drug-likeness (QED) is 0.592. The molecule has 0 bridgehead atoms. The lowest BCUT2D eigenvalue weighted by atomic mass is 10.2. The van der Waals surface area contributed by atoms with Gasteiger partial charge in [0.2, 0.25) is 11.7 Å². The van der Waals surface area contributed by atoms with Crippen molar-refractivity contribution in [2.24, 2.45) is 0 Å². The first-order valence-electron chi connectivity index (χ1n) is 8.85. The predicted octanol–water partition coefficient (Wildman–Crippen LogP) is 1.90. The minimum atomic E-state index is -0.177. The highest BCUT2D eigenvalue weighted by molar-refractivity contribution is 5.51. The van der Waals surface area contributed by atoms with Crippen molar-refractivity contribution in [1.82, 2.24) is 39.8 Å². The third-order valence-electron chi connectivity index (χ3n) is 4.68. The Kier molecular flexibility index (Phi) is 3.79. The zero-order chi connectivity index (χ0) is 18.2. The molecular weight excluding hydrogens is 344 g/mol. The van der Waals surface area contributed by atoms with Crippen LogP contribution in [0.5, 0.6) is 0 Å². The van der Waals surface area contributed by atoms with Crippen LogP contribution in [0, 0.1) is 0 Å². The second kappa shape index (κ2) is 6.44. The normalized spacial score (nSPS) is 14.9. The minimum Gasteiger partial charge on any atom is -0.337 e. The van der Waals surface area contributed by atoms with E-state index in [1.807, 2.05) is 40.6 Å². The number of hydrogen-bond donors (Lipinski definition) is 1. The summed E-state index contributed by atoms with van der Waals surface area (Å²) in [6.45, 7) is 4.61. The topological polar surface area (TPSA) is 99.5 Å². The number of aromatic nitrogens is 7. The number of nitrogens with one attached hydrogen (secondary N) is 1. The monoisotopic (exact) mass is 362 g/mol. The Hall–Kier alpha value is -3.33. The molecule has 0 amide bonds. The van der Waals surface area contributed by atoms with E-state index in [2.05, 4.69) is 31.5 Å². The molecule has 136 valence electrons. The number of fused-ring (bicyclic) bond motifs is 1. The number of rotatable bonds is 4. The van der Waals surface area contributed by atoms with Crippen molar-refractivity contribution in [3.05, 3.63) is 54.4 Å². The molecule has 1 aliphatic rings. The van der Waals surface area contributed by atoms with Crippen LogP contribution in [-0.4, -0.2) is 41.0 Å². The average molecular weight is 362 g/mol. The summed E-state index contributed by atoms with van der Waals surface area (Å²) in [5.74, 6) is 1.75. The summed E-state index contributed by atoms with van der Waals surface area (Å²) in [6, 6.07) is 7.50. The maximum Gasteiger partial charge on any atom is 0.249 e. The van der Waals surface area contributed by atoms with Gasteiger partial charge < -0.3 is 14.4 Å². The van der Waals surface area contributed by atoms with E-state index < -0.39 is 0 Å². The minimum absolute atomic E-state index is 0.177. The van der Waals surface area contributed by atoms with Gasteiger partial charge >= 0.3 is 0 Å². The highest BCUT2D eigenvalue weighted by atomic mass is 16.5. The van der Waals surface area contributed by atoms with Crippen LogP contribution in [0.25, 0.3) is 23.0 Å². The Morgan fingerprint density at radius 2 is 2.15 bits per heavy atom. The highest BCUT2D eigenvalue weighted by Crippen LogP contribution is 2.26. The summed E-state index contributed by atoms with van der Waals surface area (Å²) >= 11 is 0. The molecule has 1 aliphatic heterocycles. The molecule has 27 heavy (non-hydrogen) atoms. The molecule has 1 unspecified atom stereocenters. The fourth-order valence-electron chi connectivity index (χ4n) is 3.25. The van der Waals surface area contributed by atoms with Crippen LogP contribution in [-0.2, 0) is 13.1 Å².